The van der Waals surface area contributed by atoms with Crippen LogP contribution in [0, 0.1) is 0 Å². The maximum absolute atomic E-state index is 6.37. The minimum Gasteiger partial charge on any atom is -0.496 e. The topological polar surface area (TPSA) is 53.7 Å². The highest BCUT2D eigenvalue weighted by molar-refractivity contribution is 5.52. The van der Waals surface area contributed by atoms with Gasteiger partial charge in [-0.3, -0.25) is 0 Å². The minimum atomic E-state index is -0.219. The van der Waals surface area contributed by atoms with E-state index in [-0.39, 0.29) is 6.04 Å². The maximum atomic E-state index is 6.37. The van der Waals surface area contributed by atoms with Gasteiger partial charge in [-0.2, -0.15) is 0 Å². The van der Waals surface area contributed by atoms with Crippen molar-refractivity contribution in [1.82, 2.24) is 0 Å². The first-order valence-electron chi connectivity index (χ1n) is 6.79. The molecule has 0 aliphatic rings. The Kier molecular flexibility index (Phi) is 5.06. The Balaban J connectivity index is 2.36. The van der Waals surface area contributed by atoms with Crippen LogP contribution in [0.5, 0.6) is 17.2 Å². The van der Waals surface area contributed by atoms with Crippen LogP contribution >= 0.6 is 0 Å². The molecule has 0 aliphatic carbocycles. The second kappa shape index (κ2) is 6.99. The van der Waals surface area contributed by atoms with Crippen LogP contribution in [-0.4, -0.2) is 21.3 Å². The van der Waals surface area contributed by atoms with Gasteiger partial charge in [0.25, 0.3) is 0 Å². The van der Waals surface area contributed by atoms with E-state index in [9.17, 15) is 0 Å². The molecule has 4 nitrogen and oxygen atoms in total. The quantitative estimate of drug-likeness (QED) is 0.887. The third-order valence-corrected chi connectivity index (χ3v) is 3.42. The molecule has 0 aromatic heterocycles. The Hall–Kier alpha value is -2.20. The van der Waals surface area contributed by atoms with E-state index in [1.165, 1.54) is 5.56 Å². The predicted octanol–water partition coefficient (Wildman–Crippen LogP) is 2.95. The van der Waals surface area contributed by atoms with E-state index in [1.807, 2.05) is 30.3 Å². The highest BCUT2D eigenvalue weighted by atomic mass is 16.5. The largest absolute Gasteiger partial charge is 0.496 e. The summed E-state index contributed by atoms with van der Waals surface area (Å²) < 4.78 is 16.1. The lowest BCUT2D eigenvalue weighted by atomic mass is 9.97. The molecular formula is C17H21NO3. The molecule has 2 aromatic rings. The first-order chi connectivity index (χ1) is 10.2. The third kappa shape index (κ3) is 3.47. The van der Waals surface area contributed by atoms with Gasteiger partial charge >= 0.3 is 0 Å². The van der Waals surface area contributed by atoms with E-state index in [0.29, 0.717) is 23.7 Å². The van der Waals surface area contributed by atoms with Crippen LogP contribution in [0.25, 0.3) is 0 Å². The van der Waals surface area contributed by atoms with Crippen LogP contribution in [0.2, 0.25) is 0 Å². The van der Waals surface area contributed by atoms with Crippen molar-refractivity contribution in [3.63, 3.8) is 0 Å². The lowest BCUT2D eigenvalue weighted by Gasteiger charge is -2.20. The van der Waals surface area contributed by atoms with Crippen LogP contribution in [0.4, 0.5) is 0 Å². The molecule has 0 amide bonds. The summed E-state index contributed by atoms with van der Waals surface area (Å²) in [4.78, 5) is 0. The summed E-state index contributed by atoms with van der Waals surface area (Å²) in [5, 5.41) is 0. The first kappa shape index (κ1) is 15.2. The van der Waals surface area contributed by atoms with Crippen LogP contribution in [0.15, 0.2) is 42.5 Å². The first-order valence-corrected chi connectivity index (χ1v) is 6.79. The van der Waals surface area contributed by atoms with Gasteiger partial charge in [0.2, 0.25) is 0 Å². The van der Waals surface area contributed by atoms with Crippen LogP contribution < -0.4 is 19.9 Å². The van der Waals surface area contributed by atoms with Crippen molar-refractivity contribution in [2.75, 3.05) is 21.3 Å². The molecule has 1 unspecified atom stereocenters. The second-order valence-corrected chi connectivity index (χ2v) is 4.74. The van der Waals surface area contributed by atoms with E-state index < -0.39 is 0 Å². The SMILES string of the molecule is COc1cc(OC)c(C(N)Cc2ccccc2)c(OC)c1. The molecule has 0 spiro atoms. The number of benzene rings is 2. The number of hydrogen-bond donors (Lipinski definition) is 1. The standard InChI is InChI=1S/C17H21NO3/c1-19-13-10-15(20-2)17(16(11-13)21-3)14(18)9-12-7-5-4-6-8-12/h4-8,10-11,14H,9,18H2,1-3H3. The van der Waals surface area contributed by atoms with Crippen molar-refractivity contribution in [3.05, 3.63) is 53.6 Å². The van der Waals surface area contributed by atoms with E-state index in [2.05, 4.69) is 12.1 Å². The molecule has 0 heterocycles. The molecule has 2 aromatic carbocycles. The molecule has 2 rings (SSSR count). The van der Waals surface area contributed by atoms with Gasteiger partial charge in [-0.1, -0.05) is 30.3 Å². The summed E-state index contributed by atoms with van der Waals surface area (Å²) >= 11 is 0. The number of hydrogen-bond acceptors (Lipinski definition) is 4. The maximum Gasteiger partial charge on any atom is 0.131 e. The zero-order chi connectivity index (χ0) is 15.2. The Morgan fingerprint density at radius 3 is 1.95 bits per heavy atom. The average Bonchev–Trinajstić information content (AvgIpc) is 2.54. The molecular weight excluding hydrogens is 266 g/mol. The zero-order valence-electron chi connectivity index (χ0n) is 12.6. The minimum absolute atomic E-state index is 0.219. The van der Waals surface area contributed by atoms with Crippen molar-refractivity contribution in [2.45, 2.75) is 12.5 Å². The monoisotopic (exact) mass is 287 g/mol. The summed E-state index contributed by atoms with van der Waals surface area (Å²) in [7, 11) is 4.84. The van der Waals surface area contributed by atoms with Gasteiger partial charge in [0, 0.05) is 18.2 Å². The zero-order valence-corrected chi connectivity index (χ0v) is 12.6. The number of ether oxygens (including phenoxy) is 3. The second-order valence-electron chi connectivity index (χ2n) is 4.74. The Morgan fingerprint density at radius 2 is 1.48 bits per heavy atom. The van der Waals surface area contributed by atoms with E-state index >= 15 is 0 Å². The fourth-order valence-electron chi connectivity index (χ4n) is 2.37. The van der Waals surface area contributed by atoms with Crippen LogP contribution in [-0.2, 0) is 6.42 Å². The van der Waals surface area contributed by atoms with E-state index in [0.717, 1.165) is 5.56 Å². The van der Waals surface area contributed by atoms with Gasteiger partial charge in [0.15, 0.2) is 0 Å². The lowest BCUT2D eigenvalue weighted by Crippen LogP contribution is -2.16. The fourth-order valence-corrected chi connectivity index (χ4v) is 2.37. The molecule has 2 N–H and O–H groups in total. The van der Waals surface area contributed by atoms with Gasteiger partial charge in [0.05, 0.1) is 26.9 Å². The highest BCUT2D eigenvalue weighted by Crippen LogP contribution is 2.38. The molecule has 21 heavy (non-hydrogen) atoms. The molecule has 112 valence electrons. The molecule has 0 fully saturated rings. The molecule has 0 aliphatic heterocycles. The Labute approximate surface area is 125 Å². The summed E-state index contributed by atoms with van der Waals surface area (Å²) in [6.45, 7) is 0. The van der Waals surface area contributed by atoms with Crippen molar-refractivity contribution in [1.29, 1.82) is 0 Å². The lowest BCUT2D eigenvalue weighted by molar-refractivity contribution is 0.364. The van der Waals surface area contributed by atoms with Gasteiger partial charge in [-0.15, -0.1) is 0 Å². The molecule has 4 heteroatoms. The molecule has 0 saturated heterocycles. The number of nitrogens with two attached hydrogens (primary N) is 1. The Bertz CT molecular complexity index is 559. The van der Waals surface area contributed by atoms with Gasteiger partial charge in [-0.25, -0.2) is 0 Å². The molecule has 0 bridgehead atoms. The molecule has 0 saturated carbocycles. The van der Waals surface area contributed by atoms with Crippen molar-refractivity contribution in [2.24, 2.45) is 5.73 Å². The predicted molar refractivity (Wildman–Crippen MR) is 83.2 cm³/mol. The van der Waals surface area contributed by atoms with Crippen molar-refractivity contribution in [3.8, 4) is 17.2 Å². The van der Waals surface area contributed by atoms with Crippen LogP contribution in [0.1, 0.15) is 17.2 Å². The van der Waals surface area contributed by atoms with E-state index in [4.69, 9.17) is 19.9 Å². The van der Waals surface area contributed by atoms with Gasteiger partial charge in [0.1, 0.15) is 17.2 Å². The molecule has 0 radical (unpaired) electrons. The average molecular weight is 287 g/mol. The number of methoxy groups -OCH3 is 3. The Morgan fingerprint density at radius 1 is 0.905 bits per heavy atom. The van der Waals surface area contributed by atoms with Crippen molar-refractivity contribution < 1.29 is 14.2 Å². The summed E-state index contributed by atoms with van der Waals surface area (Å²) in [5.41, 5.74) is 8.39. The summed E-state index contributed by atoms with van der Waals surface area (Å²) in [6.07, 6.45) is 0.708. The van der Waals surface area contributed by atoms with E-state index in [1.54, 1.807) is 21.3 Å². The normalized spacial score (nSPS) is 11.8. The van der Waals surface area contributed by atoms with Gasteiger partial charge in [-0.05, 0) is 12.0 Å². The fraction of sp³-hybridized carbons (Fsp3) is 0.294. The summed E-state index contributed by atoms with van der Waals surface area (Å²) in [5.74, 6) is 2.03. The third-order valence-electron chi connectivity index (χ3n) is 3.42. The summed E-state index contributed by atoms with van der Waals surface area (Å²) in [6, 6.07) is 13.5. The highest BCUT2D eigenvalue weighted by Gasteiger charge is 2.19. The van der Waals surface area contributed by atoms with Crippen LogP contribution in [0.3, 0.4) is 0 Å². The van der Waals surface area contributed by atoms with Gasteiger partial charge < -0.3 is 19.9 Å². The smallest absolute Gasteiger partial charge is 0.131 e. The van der Waals surface area contributed by atoms with Crippen molar-refractivity contribution >= 4 is 0 Å². The molecule has 1 atom stereocenters. The number of rotatable bonds is 6.